The van der Waals surface area contributed by atoms with Crippen LogP contribution in [0.3, 0.4) is 0 Å². The summed E-state index contributed by atoms with van der Waals surface area (Å²) in [7, 11) is 0. The van der Waals surface area contributed by atoms with Crippen LogP contribution in [-0.4, -0.2) is 56.4 Å². The van der Waals surface area contributed by atoms with Gasteiger partial charge in [-0.25, -0.2) is 9.78 Å². The minimum atomic E-state index is -1.17. The number of imidazole rings is 1. The number of β-amino-alcohol motifs (C(OH)–C–C–N with tert-alkyl or cyclic N) is 1. The second kappa shape index (κ2) is 5.82. The van der Waals surface area contributed by atoms with Crippen LogP contribution in [0.4, 0.5) is 4.79 Å². The van der Waals surface area contributed by atoms with Crippen LogP contribution in [0.1, 0.15) is 23.4 Å². The Morgan fingerprint density at radius 2 is 2.17 bits per heavy atom. The Balaban J connectivity index is 1.63. The maximum Gasteiger partial charge on any atom is 0.317 e. The lowest BCUT2D eigenvalue weighted by atomic mass is 10.1. The maximum absolute atomic E-state index is 12.1. The van der Waals surface area contributed by atoms with Crippen LogP contribution in [-0.2, 0) is 6.54 Å². The van der Waals surface area contributed by atoms with E-state index in [-0.39, 0.29) is 19.2 Å². The van der Waals surface area contributed by atoms with E-state index in [0.717, 1.165) is 11.0 Å². The van der Waals surface area contributed by atoms with Crippen molar-refractivity contribution < 1.29 is 15.0 Å². The van der Waals surface area contributed by atoms with E-state index in [1.807, 2.05) is 26.0 Å². The molecule has 1 aliphatic rings. The van der Waals surface area contributed by atoms with Crippen LogP contribution in [0.5, 0.6) is 0 Å². The summed E-state index contributed by atoms with van der Waals surface area (Å²) in [4.78, 5) is 21.3. The molecule has 7 nitrogen and oxygen atoms in total. The third-order valence-corrected chi connectivity index (χ3v) is 4.47. The van der Waals surface area contributed by atoms with Crippen molar-refractivity contribution in [3.05, 3.63) is 29.1 Å². The minimum Gasteiger partial charge on any atom is -0.393 e. The molecule has 23 heavy (non-hydrogen) atoms. The number of rotatable bonds is 3. The number of carbonyl (C=O) groups is 1. The lowest BCUT2D eigenvalue weighted by Crippen LogP contribution is -2.42. The lowest BCUT2D eigenvalue weighted by Gasteiger charge is -2.21. The number of hydrogen-bond donors (Lipinski definition) is 4. The highest BCUT2D eigenvalue weighted by Crippen LogP contribution is 2.20. The number of aliphatic hydroxyl groups is 2. The van der Waals surface area contributed by atoms with Gasteiger partial charge in [0.15, 0.2) is 0 Å². The second-order valence-corrected chi connectivity index (χ2v) is 6.35. The molecule has 1 atom stereocenters. The molecule has 1 saturated heterocycles. The first kappa shape index (κ1) is 15.8. The summed E-state index contributed by atoms with van der Waals surface area (Å²) in [5, 5.41) is 21.9. The van der Waals surface area contributed by atoms with Crippen molar-refractivity contribution in [1.82, 2.24) is 20.2 Å². The van der Waals surface area contributed by atoms with E-state index in [1.165, 1.54) is 16.0 Å². The van der Waals surface area contributed by atoms with Gasteiger partial charge in [-0.1, -0.05) is 0 Å². The Kier molecular flexibility index (Phi) is 3.99. The molecule has 1 aliphatic heterocycles. The monoisotopic (exact) mass is 318 g/mol. The number of fused-ring (bicyclic) bond motifs is 1. The molecule has 0 radical (unpaired) electrons. The van der Waals surface area contributed by atoms with E-state index < -0.39 is 5.60 Å². The number of aromatic nitrogens is 2. The zero-order valence-corrected chi connectivity index (χ0v) is 13.4. The number of aryl methyl sites for hydroxylation is 2. The smallest absolute Gasteiger partial charge is 0.317 e. The van der Waals surface area contributed by atoms with Crippen LogP contribution in [0.15, 0.2) is 12.1 Å². The Morgan fingerprint density at radius 1 is 1.43 bits per heavy atom. The Morgan fingerprint density at radius 3 is 2.87 bits per heavy atom. The van der Waals surface area contributed by atoms with Crippen molar-refractivity contribution >= 4 is 17.1 Å². The van der Waals surface area contributed by atoms with Crippen molar-refractivity contribution in [1.29, 1.82) is 0 Å². The number of nitrogens with zero attached hydrogens (tertiary/aromatic N) is 2. The predicted molar refractivity (Wildman–Crippen MR) is 86.0 cm³/mol. The number of H-pyrrole nitrogens is 1. The first-order chi connectivity index (χ1) is 10.9. The third kappa shape index (κ3) is 3.16. The van der Waals surface area contributed by atoms with Gasteiger partial charge in [-0.15, -0.1) is 0 Å². The van der Waals surface area contributed by atoms with E-state index in [9.17, 15) is 9.90 Å². The summed E-state index contributed by atoms with van der Waals surface area (Å²) in [6.45, 7) is 4.63. The van der Waals surface area contributed by atoms with E-state index >= 15 is 0 Å². The van der Waals surface area contributed by atoms with Gasteiger partial charge in [0.25, 0.3) is 0 Å². The number of urea groups is 1. The molecular weight excluding hydrogens is 296 g/mol. The zero-order chi connectivity index (χ0) is 16.6. The summed E-state index contributed by atoms with van der Waals surface area (Å²) in [6.07, 6.45) is 0.389. The van der Waals surface area contributed by atoms with Gasteiger partial charge in [0.1, 0.15) is 11.4 Å². The Bertz CT molecular complexity index is 703. The van der Waals surface area contributed by atoms with E-state index in [4.69, 9.17) is 5.11 Å². The molecule has 2 amide bonds. The third-order valence-electron chi connectivity index (χ3n) is 4.47. The van der Waals surface area contributed by atoms with E-state index in [1.54, 1.807) is 0 Å². The summed E-state index contributed by atoms with van der Waals surface area (Å²) in [6, 6.07) is 3.81. The molecule has 1 aromatic carbocycles. The average molecular weight is 318 g/mol. The highest BCUT2D eigenvalue weighted by molar-refractivity contribution is 5.77. The quantitative estimate of drug-likeness (QED) is 0.673. The molecule has 0 spiro atoms. The molecule has 0 saturated carbocycles. The first-order valence-corrected chi connectivity index (χ1v) is 7.72. The molecule has 3 rings (SSSR count). The van der Waals surface area contributed by atoms with Crippen LogP contribution >= 0.6 is 0 Å². The fourth-order valence-corrected chi connectivity index (χ4v) is 2.84. The number of aliphatic hydroxyl groups excluding tert-OH is 1. The first-order valence-electron chi connectivity index (χ1n) is 7.72. The van der Waals surface area contributed by atoms with Crippen molar-refractivity contribution in [2.24, 2.45) is 0 Å². The Hall–Kier alpha value is -2.12. The molecule has 7 heteroatoms. The molecule has 2 aromatic rings. The number of carbonyl (C=O) groups excluding carboxylic acids is 1. The number of nitrogens with one attached hydrogen (secondary N) is 2. The van der Waals surface area contributed by atoms with Gasteiger partial charge >= 0.3 is 6.03 Å². The molecule has 0 aliphatic carbocycles. The van der Waals surface area contributed by atoms with Gasteiger partial charge in [0.05, 0.1) is 30.7 Å². The van der Waals surface area contributed by atoms with Gasteiger partial charge in [0, 0.05) is 6.54 Å². The van der Waals surface area contributed by atoms with E-state index in [0.29, 0.717) is 25.3 Å². The molecule has 2 heterocycles. The number of benzene rings is 1. The van der Waals surface area contributed by atoms with Gasteiger partial charge in [-0.3, -0.25) is 0 Å². The molecular formula is C16H22N4O3. The molecule has 1 aromatic heterocycles. The zero-order valence-electron chi connectivity index (χ0n) is 13.4. The van der Waals surface area contributed by atoms with Crippen LogP contribution in [0.2, 0.25) is 0 Å². The van der Waals surface area contributed by atoms with Gasteiger partial charge in [0.2, 0.25) is 0 Å². The second-order valence-electron chi connectivity index (χ2n) is 6.35. The fraction of sp³-hybridized carbons (Fsp3) is 0.500. The van der Waals surface area contributed by atoms with Crippen LogP contribution in [0.25, 0.3) is 11.0 Å². The summed E-state index contributed by atoms with van der Waals surface area (Å²) in [5.74, 6) is 0.690. The highest BCUT2D eigenvalue weighted by Gasteiger charge is 2.37. The number of aromatic amines is 1. The topological polar surface area (TPSA) is 101 Å². The SMILES string of the molecule is Cc1cc2nc(CNC(=O)N3CC[C@@](O)(CO)C3)[nH]c2cc1C. The standard InChI is InChI=1S/C16H22N4O3/c1-10-5-12-13(6-11(10)2)19-14(18-12)7-17-15(22)20-4-3-16(23,8-20)9-21/h5-6,21,23H,3-4,7-9H2,1-2H3,(H,17,22)(H,18,19)/t16-/m0/s1. The fourth-order valence-electron chi connectivity index (χ4n) is 2.84. The molecule has 0 bridgehead atoms. The number of likely N-dealkylation sites (tertiary alicyclic amines) is 1. The van der Waals surface area contributed by atoms with Crippen LogP contribution in [0, 0.1) is 13.8 Å². The summed E-state index contributed by atoms with van der Waals surface area (Å²) < 4.78 is 0. The van der Waals surface area contributed by atoms with Crippen molar-refractivity contribution in [2.45, 2.75) is 32.4 Å². The van der Waals surface area contributed by atoms with Crippen molar-refractivity contribution in [2.75, 3.05) is 19.7 Å². The van der Waals surface area contributed by atoms with Gasteiger partial charge in [-0.05, 0) is 43.5 Å². The largest absolute Gasteiger partial charge is 0.393 e. The molecule has 1 fully saturated rings. The van der Waals surface area contributed by atoms with Crippen molar-refractivity contribution in [3.8, 4) is 0 Å². The number of amides is 2. The molecule has 0 unspecified atom stereocenters. The molecule has 124 valence electrons. The predicted octanol–water partition coefficient (Wildman–Crippen LogP) is 0.818. The lowest BCUT2D eigenvalue weighted by molar-refractivity contribution is -0.00280. The summed E-state index contributed by atoms with van der Waals surface area (Å²) >= 11 is 0. The van der Waals surface area contributed by atoms with Crippen molar-refractivity contribution in [3.63, 3.8) is 0 Å². The van der Waals surface area contributed by atoms with E-state index in [2.05, 4.69) is 15.3 Å². The van der Waals surface area contributed by atoms with Gasteiger partial charge in [-0.2, -0.15) is 0 Å². The summed E-state index contributed by atoms with van der Waals surface area (Å²) in [5.41, 5.74) is 3.03. The average Bonchev–Trinajstić information content (AvgIpc) is 3.09. The maximum atomic E-state index is 12.1. The minimum absolute atomic E-state index is 0.147. The van der Waals surface area contributed by atoms with Crippen LogP contribution < -0.4 is 5.32 Å². The highest BCUT2D eigenvalue weighted by atomic mass is 16.3. The normalized spacial score (nSPS) is 21.1. The molecule has 4 N–H and O–H groups in total. The van der Waals surface area contributed by atoms with Gasteiger partial charge < -0.3 is 25.4 Å². The Labute approximate surface area is 134 Å². The number of hydrogen-bond acceptors (Lipinski definition) is 4.